The molecular formula is C14H18N4O4S. The molecule has 0 fully saturated rings. The first-order valence-corrected chi connectivity index (χ1v) is 8.59. The predicted molar refractivity (Wildman–Crippen MR) is 81.6 cm³/mol. The second-order valence-electron chi connectivity index (χ2n) is 5.76. The van der Waals surface area contributed by atoms with Gasteiger partial charge in [-0.3, -0.25) is 4.68 Å². The molecule has 1 unspecified atom stereocenters. The molecule has 0 aromatic carbocycles. The number of aromatic nitrogens is 3. The summed E-state index contributed by atoms with van der Waals surface area (Å²) in [6, 6.07) is 2.94. The summed E-state index contributed by atoms with van der Waals surface area (Å²) in [4.78, 5) is 11.3. The standard InChI is InChI=1S/C14H18N4O4S/c1-9-7-17(8-11-4-5-15-18(9)11)23(21,22)13-6-12(14(19)20)16(3)10(13)2/h4-6,9H,7-8H2,1-3H3,(H,19,20). The van der Waals surface area contributed by atoms with Crippen LogP contribution in [0.15, 0.2) is 23.2 Å². The zero-order chi connectivity index (χ0) is 16.9. The molecule has 0 saturated carbocycles. The Morgan fingerprint density at radius 3 is 2.74 bits per heavy atom. The van der Waals surface area contributed by atoms with Crippen LogP contribution in [0.1, 0.15) is 34.8 Å². The van der Waals surface area contributed by atoms with E-state index in [0.29, 0.717) is 12.2 Å². The number of hydrogen-bond donors (Lipinski definition) is 1. The second-order valence-corrected chi connectivity index (χ2v) is 7.66. The Labute approximate surface area is 134 Å². The fourth-order valence-electron chi connectivity index (χ4n) is 2.94. The lowest BCUT2D eigenvalue weighted by Gasteiger charge is -2.31. The number of sulfonamides is 1. The van der Waals surface area contributed by atoms with Crippen LogP contribution in [-0.4, -0.2) is 44.7 Å². The number of carboxylic acid groups (broad SMARTS) is 1. The molecule has 1 aliphatic heterocycles. The van der Waals surface area contributed by atoms with Crippen molar-refractivity contribution in [2.24, 2.45) is 7.05 Å². The first-order valence-electron chi connectivity index (χ1n) is 7.15. The Balaban J connectivity index is 2.04. The Kier molecular flexibility index (Phi) is 3.56. The lowest BCUT2D eigenvalue weighted by Crippen LogP contribution is -2.40. The van der Waals surface area contributed by atoms with Crippen molar-refractivity contribution in [2.45, 2.75) is 31.3 Å². The second kappa shape index (κ2) is 5.20. The summed E-state index contributed by atoms with van der Waals surface area (Å²) in [6.07, 6.45) is 1.65. The van der Waals surface area contributed by atoms with Crippen molar-refractivity contribution < 1.29 is 18.3 Å². The Morgan fingerprint density at radius 2 is 2.13 bits per heavy atom. The molecule has 0 spiro atoms. The lowest BCUT2D eigenvalue weighted by molar-refractivity contribution is 0.0686. The number of carbonyl (C=O) groups is 1. The molecule has 0 amide bonds. The SMILES string of the molecule is Cc1c(S(=O)(=O)N2Cc3ccnn3C(C)C2)cc(C(=O)O)n1C. The van der Waals surface area contributed by atoms with E-state index in [1.54, 1.807) is 26.2 Å². The average molecular weight is 338 g/mol. The third-order valence-electron chi connectivity index (χ3n) is 4.30. The van der Waals surface area contributed by atoms with Gasteiger partial charge in [-0.2, -0.15) is 9.40 Å². The molecule has 1 atom stereocenters. The number of carboxylic acids is 1. The van der Waals surface area contributed by atoms with Gasteiger partial charge in [0.05, 0.1) is 18.3 Å². The average Bonchev–Trinajstić information content (AvgIpc) is 3.05. The van der Waals surface area contributed by atoms with Crippen molar-refractivity contribution >= 4 is 16.0 Å². The van der Waals surface area contributed by atoms with Gasteiger partial charge in [-0.25, -0.2) is 13.2 Å². The van der Waals surface area contributed by atoms with Gasteiger partial charge in [-0.05, 0) is 26.0 Å². The summed E-state index contributed by atoms with van der Waals surface area (Å²) in [5, 5.41) is 13.4. The molecule has 1 aliphatic rings. The molecule has 8 nitrogen and oxygen atoms in total. The van der Waals surface area contributed by atoms with Crippen LogP contribution in [0.25, 0.3) is 0 Å². The number of fused-ring (bicyclic) bond motifs is 1. The number of nitrogens with zero attached hydrogens (tertiary/aromatic N) is 4. The van der Waals surface area contributed by atoms with Crippen molar-refractivity contribution in [3.8, 4) is 0 Å². The normalized spacial score (nSPS) is 18.8. The molecule has 2 aromatic heterocycles. The van der Waals surface area contributed by atoms with Gasteiger partial charge in [-0.15, -0.1) is 0 Å². The van der Waals surface area contributed by atoms with Gasteiger partial charge in [0, 0.05) is 25.5 Å². The molecule has 9 heteroatoms. The lowest BCUT2D eigenvalue weighted by atomic mass is 10.2. The molecule has 3 rings (SSSR count). The molecule has 124 valence electrons. The Hall–Kier alpha value is -2.13. The monoisotopic (exact) mass is 338 g/mol. The van der Waals surface area contributed by atoms with Gasteiger partial charge >= 0.3 is 5.97 Å². The van der Waals surface area contributed by atoms with Gasteiger partial charge < -0.3 is 9.67 Å². The van der Waals surface area contributed by atoms with E-state index in [1.807, 2.05) is 11.6 Å². The first-order chi connectivity index (χ1) is 10.7. The van der Waals surface area contributed by atoms with Crippen molar-refractivity contribution in [1.29, 1.82) is 0 Å². The van der Waals surface area contributed by atoms with E-state index >= 15 is 0 Å². The zero-order valence-electron chi connectivity index (χ0n) is 13.1. The van der Waals surface area contributed by atoms with Gasteiger partial charge in [0.15, 0.2) is 0 Å². The maximum absolute atomic E-state index is 13.0. The van der Waals surface area contributed by atoms with E-state index in [2.05, 4.69) is 5.10 Å². The number of hydrogen-bond acceptors (Lipinski definition) is 4. The maximum atomic E-state index is 13.0. The molecule has 0 bridgehead atoms. The largest absolute Gasteiger partial charge is 0.477 e. The minimum absolute atomic E-state index is 0.0394. The van der Waals surface area contributed by atoms with Crippen LogP contribution in [0.2, 0.25) is 0 Å². The number of rotatable bonds is 3. The van der Waals surface area contributed by atoms with Crippen molar-refractivity contribution in [1.82, 2.24) is 18.7 Å². The highest BCUT2D eigenvalue weighted by atomic mass is 32.2. The van der Waals surface area contributed by atoms with Gasteiger partial charge in [0.1, 0.15) is 10.6 Å². The third-order valence-corrected chi connectivity index (χ3v) is 6.23. The molecule has 1 N–H and O–H groups in total. The van der Waals surface area contributed by atoms with Crippen LogP contribution in [0.3, 0.4) is 0 Å². The minimum atomic E-state index is -3.77. The van der Waals surface area contributed by atoms with Crippen LogP contribution < -0.4 is 0 Å². The van der Waals surface area contributed by atoms with Gasteiger partial charge in [0.25, 0.3) is 0 Å². The summed E-state index contributed by atoms with van der Waals surface area (Å²) in [5.41, 5.74) is 1.18. The molecule has 0 saturated heterocycles. The van der Waals surface area contributed by atoms with Crippen LogP contribution in [0, 0.1) is 6.92 Å². The van der Waals surface area contributed by atoms with E-state index in [-0.39, 0.29) is 23.2 Å². The maximum Gasteiger partial charge on any atom is 0.352 e. The predicted octanol–water partition coefficient (Wildman–Crippen LogP) is 0.994. The smallest absolute Gasteiger partial charge is 0.352 e. The van der Waals surface area contributed by atoms with Crippen LogP contribution >= 0.6 is 0 Å². The summed E-state index contributed by atoms with van der Waals surface area (Å²) in [5.74, 6) is -1.15. The highest BCUT2D eigenvalue weighted by Crippen LogP contribution is 2.29. The summed E-state index contributed by atoms with van der Waals surface area (Å²) in [7, 11) is -2.23. The van der Waals surface area contributed by atoms with E-state index in [4.69, 9.17) is 0 Å². The van der Waals surface area contributed by atoms with E-state index < -0.39 is 16.0 Å². The fourth-order valence-corrected chi connectivity index (χ4v) is 4.70. The van der Waals surface area contributed by atoms with Crippen LogP contribution in [-0.2, 0) is 23.6 Å². The van der Waals surface area contributed by atoms with Crippen molar-refractivity contribution in [3.05, 3.63) is 35.4 Å². The third kappa shape index (κ3) is 2.36. The fraction of sp³-hybridized carbons (Fsp3) is 0.429. The van der Waals surface area contributed by atoms with Crippen LogP contribution in [0.5, 0.6) is 0 Å². The van der Waals surface area contributed by atoms with Crippen LogP contribution in [0.4, 0.5) is 0 Å². The van der Waals surface area contributed by atoms with Crippen molar-refractivity contribution in [3.63, 3.8) is 0 Å². The summed E-state index contributed by atoms with van der Waals surface area (Å²) in [6.45, 7) is 4.03. The highest BCUT2D eigenvalue weighted by molar-refractivity contribution is 7.89. The van der Waals surface area contributed by atoms with E-state index in [0.717, 1.165) is 5.69 Å². The molecule has 0 radical (unpaired) electrons. The van der Waals surface area contributed by atoms with Gasteiger partial charge in [-0.1, -0.05) is 0 Å². The Morgan fingerprint density at radius 1 is 1.43 bits per heavy atom. The van der Waals surface area contributed by atoms with E-state index in [1.165, 1.54) is 14.9 Å². The quantitative estimate of drug-likeness (QED) is 0.900. The van der Waals surface area contributed by atoms with E-state index in [9.17, 15) is 18.3 Å². The number of aromatic carboxylic acids is 1. The van der Waals surface area contributed by atoms with Gasteiger partial charge in [0.2, 0.25) is 10.0 Å². The highest BCUT2D eigenvalue weighted by Gasteiger charge is 2.34. The first kappa shape index (κ1) is 15.8. The molecule has 23 heavy (non-hydrogen) atoms. The summed E-state index contributed by atoms with van der Waals surface area (Å²) < 4.78 is 30.5. The van der Waals surface area contributed by atoms with Crippen molar-refractivity contribution in [2.75, 3.05) is 6.54 Å². The minimum Gasteiger partial charge on any atom is -0.477 e. The Bertz CT molecular complexity index is 881. The molecular weight excluding hydrogens is 320 g/mol. The molecule has 3 heterocycles. The molecule has 0 aliphatic carbocycles. The summed E-state index contributed by atoms with van der Waals surface area (Å²) >= 11 is 0. The molecule has 2 aromatic rings. The topological polar surface area (TPSA) is 97.4 Å². The zero-order valence-corrected chi connectivity index (χ0v) is 13.9.